The van der Waals surface area contributed by atoms with Crippen LogP contribution in [0.5, 0.6) is 5.75 Å². The number of carbonyl (C=O) groups excluding carboxylic acids is 6. The molecule has 296 valence electrons. The Morgan fingerprint density at radius 1 is 0.736 bits per heavy atom. The molecule has 12 nitrogen and oxygen atoms in total. The molecule has 2 heterocycles. The van der Waals surface area contributed by atoms with Crippen LogP contribution in [0.15, 0.2) is 30.3 Å². The van der Waals surface area contributed by atoms with Crippen molar-refractivity contribution >= 4 is 35.5 Å². The predicted octanol–water partition coefficient (Wildman–Crippen LogP) is 6.22. The highest BCUT2D eigenvalue weighted by atomic mass is 16.6. The highest BCUT2D eigenvalue weighted by molar-refractivity contribution is 5.98. The van der Waals surface area contributed by atoms with Crippen molar-refractivity contribution in [3.8, 4) is 5.75 Å². The molecule has 0 aromatic heterocycles. The summed E-state index contributed by atoms with van der Waals surface area (Å²) in [6.45, 7) is 8.47. The van der Waals surface area contributed by atoms with Crippen LogP contribution in [0.1, 0.15) is 124 Å². The maximum atomic E-state index is 13.1. The van der Waals surface area contributed by atoms with Gasteiger partial charge >= 0.3 is 17.9 Å². The van der Waals surface area contributed by atoms with Crippen LogP contribution in [-0.2, 0) is 43.0 Å². The topological polar surface area (TPSA) is 146 Å². The van der Waals surface area contributed by atoms with E-state index in [1.165, 1.54) is 6.92 Å². The molecular formula is C41H62N2O10. The van der Waals surface area contributed by atoms with Crippen LogP contribution in [0.25, 0.3) is 0 Å². The molecule has 2 aliphatic heterocycles. The SMILES string of the molecule is CCC(CCCC(CCCC(C)(C)C(=O)OCCOC(=O)C(CCC(=O)OCCOc1ccccc1)C(C)=O)N1CCCCCC1=O)N1CCCC1=O. The van der Waals surface area contributed by atoms with Crippen LogP contribution in [0.3, 0.4) is 0 Å². The van der Waals surface area contributed by atoms with Crippen LogP contribution in [-0.4, -0.2) is 96.9 Å². The Labute approximate surface area is 315 Å². The van der Waals surface area contributed by atoms with Gasteiger partial charge in [-0.3, -0.25) is 28.8 Å². The highest BCUT2D eigenvalue weighted by Gasteiger charge is 2.32. The highest BCUT2D eigenvalue weighted by Crippen LogP contribution is 2.29. The van der Waals surface area contributed by atoms with Crippen molar-refractivity contribution in [2.45, 2.75) is 136 Å². The molecule has 0 saturated carbocycles. The minimum absolute atomic E-state index is 0.0335. The van der Waals surface area contributed by atoms with E-state index >= 15 is 0 Å². The van der Waals surface area contributed by atoms with Gasteiger partial charge in [0.15, 0.2) is 0 Å². The lowest BCUT2D eigenvalue weighted by molar-refractivity contribution is -0.162. The fraction of sp³-hybridized carbons (Fsp3) is 0.707. The number of para-hydroxylation sites is 1. The number of likely N-dealkylation sites (tertiary alicyclic amines) is 2. The lowest BCUT2D eigenvalue weighted by atomic mass is 9.86. The average molecular weight is 743 g/mol. The van der Waals surface area contributed by atoms with Gasteiger partial charge in [-0.1, -0.05) is 38.0 Å². The summed E-state index contributed by atoms with van der Waals surface area (Å²) in [6, 6.07) is 9.44. The third-order valence-corrected chi connectivity index (χ3v) is 10.4. The predicted molar refractivity (Wildman–Crippen MR) is 199 cm³/mol. The Morgan fingerprint density at radius 3 is 2.06 bits per heavy atom. The van der Waals surface area contributed by atoms with Gasteiger partial charge < -0.3 is 28.7 Å². The quantitative estimate of drug-likeness (QED) is 0.0518. The molecule has 0 spiro atoms. The summed E-state index contributed by atoms with van der Waals surface area (Å²) in [6.07, 6.45) is 10.6. The number of ether oxygens (including phenoxy) is 4. The second-order valence-electron chi connectivity index (χ2n) is 14.9. The molecule has 0 N–H and O–H groups in total. The summed E-state index contributed by atoms with van der Waals surface area (Å²) in [5.41, 5.74) is -0.796. The molecular weight excluding hydrogens is 680 g/mol. The van der Waals surface area contributed by atoms with Crippen LogP contribution in [0.4, 0.5) is 0 Å². The first-order chi connectivity index (χ1) is 25.4. The maximum absolute atomic E-state index is 13.1. The Morgan fingerprint density at radius 2 is 1.36 bits per heavy atom. The minimum atomic E-state index is -1.13. The zero-order valence-electron chi connectivity index (χ0n) is 32.4. The minimum Gasteiger partial charge on any atom is -0.490 e. The summed E-state index contributed by atoms with van der Waals surface area (Å²) >= 11 is 0. The lowest BCUT2D eigenvalue weighted by Gasteiger charge is -2.33. The number of amides is 2. The van der Waals surface area contributed by atoms with E-state index in [2.05, 4.69) is 11.8 Å². The third kappa shape index (κ3) is 15.1. The van der Waals surface area contributed by atoms with Gasteiger partial charge in [-0.2, -0.15) is 0 Å². The molecule has 3 rings (SSSR count). The second kappa shape index (κ2) is 23.0. The third-order valence-electron chi connectivity index (χ3n) is 10.4. The molecule has 2 amide bonds. The number of ketones is 1. The van der Waals surface area contributed by atoms with E-state index in [4.69, 9.17) is 18.9 Å². The zero-order valence-corrected chi connectivity index (χ0v) is 32.4. The number of carbonyl (C=O) groups is 6. The molecule has 0 bridgehead atoms. The summed E-state index contributed by atoms with van der Waals surface area (Å²) in [5.74, 6) is -2.20. The van der Waals surface area contributed by atoms with Crippen molar-refractivity contribution in [1.29, 1.82) is 0 Å². The number of benzene rings is 1. The van der Waals surface area contributed by atoms with E-state index in [-0.39, 0.29) is 63.2 Å². The van der Waals surface area contributed by atoms with Gasteiger partial charge in [-0.25, -0.2) is 0 Å². The largest absolute Gasteiger partial charge is 0.490 e. The second-order valence-corrected chi connectivity index (χ2v) is 14.9. The standard InChI is InChI=1S/C41H62N2O10/c1-5-32(42-26-14-21-37(42)46)15-12-16-33(43-25-11-7-10-20-36(43)45)17-13-24-41(3,4)40(49)53-30-29-52-39(48)35(31(2)44)22-23-38(47)51-28-27-50-34-18-8-6-9-19-34/h6,8-9,18-19,32-33,35H,5,7,10-17,20-30H2,1-4H3. The van der Waals surface area contributed by atoms with Gasteiger partial charge in [0, 0.05) is 44.4 Å². The van der Waals surface area contributed by atoms with Crippen LogP contribution >= 0.6 is 0 Å². The van der Waals surface area contributed by atoms with Gasteiger partial charge in [0.2, 0.25) is 11.8 Å². The maximum Gasteiger partial charge on any atom is 0.316 e. The monoisotopic (exact) mass is 742 g/mol. The van der Waals surface area contributed by atoms with Gasteiger partial charge in [-0.05, 0) is 97.1 Å². The molecule has 1 aromatic carbocycles. The van der Waals surface area contributed by atoms with Crippen molar-refractivity contribution in [3.05, 3.63) is 30.3 Å². The summed E-state index contributed by atoms with van der Waals surface area (Å²) < 4.78 is 21.3. The zero-order chi connectivity index (χ0) is 38.6. The Balaban J connectivity index is 1.39. The van der Waals surface area contributed by atoms with E-state index in [9.17, 15) is 28.8 Å². The number of Topliss-reactive ketones (excluding diaryl/α,β-unsaturated/α-hetero) is 1. The van der Waals surface area contributed by atoms with Crippen molar-refractivity contribution in [2.75, 3.05) is 39.5 Å². The Bertz CT molecular complexity index is 1330. The molecule has 3 unspecified atom stereocenters. The van der Waals surface area contributed by atoms with Crippen molar-refractivity contribution in [3.63, 3.8) is 0 Å². The average Bonchev–Trinajstić information content (AvgIpc) is 3.44. The van der Waals surface area contributed by atoms with Crippen molar-refractivity contribution in [1.82, 2.24) is 9.80 Å². The van der Waals surface area contributed by atoms with Crippen molar-refractivity contribution in [2.24, 2.45) is 11.3 Å². The summed E-state index contributed by atoms with van der Waals surface area (Å²) in [5, 5.41) is 0. The van der Waals surface area contributed by atoms with Crippen LogP contribution in [0.2, 0.25) is 0 Å². The molecule has 3 atom stereocenters. The summed E-state index contributed by atoms with van der Waals surface area (Å²) in [4.78, 5) is 79.5. The number of nitrogens with zero attached hydrogens (tertiary/aromatic N) is 2. The normalized spacial score (nSPS) is 16.8. The number of hydrogen-bond donors (Lipinski definition) is 0. The molecule has 1 aromatic rings. The molecule has 2 saturated heterocycles. The molecule has 2 aliphatic rings. The number of hydrogen-bond acceptors (Lipinski definition) is 10. The van der Waals surface area contributed by atoms with Gasteiger partial charge in [0.25, 0.3) is 0 Å². The van der Waals surface area contributed by atoms with Gasteiger partial charge in [-0.15, -0.1) is 0 Å². The van der Waals surface area contributed by atoms with Crippen LogP contribution < -0.4 is 4.74 Å². The van der Waals surface area contributed by atoms with E-state index < -0.39 is 35.0 Å². The lowest BCUT2D eigenvalue weighted by Crippen LogP contribution is -2.41. The molecule has 0 radical (unpaired) electrons. The van der Waals surface area contributed by atoms with E-state index in [0.29, 0.717) is 25.0 Å². The first kappa shape index (κ1) is 43.4. The van der Waals surface area contributed by atoms with E-state index in [1.807, 2.05) is 36.9 Å². The smallest absolute Gasteiger partial charge is 0.316 e. The first-order valence-corrected chi connectivity index (χ1v) is 19.7. The van der Waals surface area contributed by atoms with E-state index in [0.717, 1.165) is 77.3 Å². The van der Waals surface area contributed by atoms with Crippen LogP contribution in [0, 0.1) is 11.3 Å². The molecule has 2 fully saturated rings. The van der Waals surface area contributed by atoms with Crippen molar-refractivity contribution < 1.29 is 47.7 Å². The van der Waals surface area contributed by atoms with E-state index in [1.54, 1.807) is 12.1 Å². The Kier molecular flexibility index (Phi) is 18.8. The first-order valence-electron chi connectivity index (χ1n) is 19.7. The molecule has 0 aliphatic carbocycles. The fourth-order valence-corrected chi connectivity index (χ4v) is 7.18. The fourth-order valence-electron chi connectivity index (χ4n) is 7.18. The Hall–Kier alpha value is -3.96. The summed E-state index contributed by atoms with van der Waals surface area (Å²) in [7, 11) is 0. The molecule has 53 heavy (non-hydrogen) atoms. The molecule has 12 heteroatoms. The van der Waals surface area contributed by atoms with Gasteiger partial charge in [0.1, 0.15) is 43.9 Å². The number of esters is 3. The van der Waals surface area contributed by atoms with Gasteiger partial charge in [0.05, 0.1) is 5.41 Å². The number of rotatable bonds is 24.